The van der Waals surface area contributed by atoms with Crippen molar-refractivity contribution in [2.75, 3.05) is 20.2 Å². The number of piperidine rings is 1. The summed E-state index contributed by atoms with van der Waals surface area (Å²) in [6.45, 7) is 3.89. The molecule has 6 nitrogen and oxygen atoms in total. The molecule has 6 heteroatoms. The Morgan fingerprint density at radius 3 is 2.77 bits per heavy atom. The third-order valence-electron chi connectivity index (χ3n) is 4.47. The van der Waals surface area contributed by atoms with Gasteiger partial charge in [-0.1, -0.05) is 12.1 Å². The largest absolute Gasteiger partial charge is 0.469 e. The lowest BCUT2D eigenvalue weighted by Gasteiger charge is -2.31. The van der Waals surface area contributed by atoms with Crippen molar-refractivity contribution in [3.8, 4) is 0 Å². The molecule has 1 aromatic heterocycles. The van der Waals surface area contributed by atoms with E-state index >= 15 is 0 Å². The normalized spacial score (nSPS) is 21.9. The highest BCUT2D eigenvalue weighted by Crippen LogP contribution is 2.28. The van der Waals surface area contributed by atoms with Gasteiger partial charge in [-0.3, -0.25) is 13.9 Å². The van der Waals surface area contributed by atoms with E-state index in [0.717, 1.165) is 24.0 Å². The van der Waals surface area contributed by atoms with Gasteiger partial charge < -0.3 is 10.1 Å². The number of nitrogens with zero attached hydrogens (tertiary/aromatic N) is 2. The molecule has 0 saturated carbocycles. The van der Waals surface area contributed by atoms with Gasteiger partial charge in [-0.05, 0) is 32.0 Å². The third kappa shape index (κ3) is 2.23. The Labute approximate surface area is 128 Å². The maximum absolute atomic E-state index is 12.8. The van der Waals surface area contributed by atoms with Gasteiger partial charge in [0.15, 0.2) is 0 Å². The van der Waals surface area contributed by atoms with Gasteiger partial charge in [0.05, 0.1) is 30.1 Å². The molecule has 22 heavy (non-hydrogen) atoms. The zero-order valence-corrected chi connectivity index (χ0v) is 12.9. The molecular weight excluding hydrogens is 282 g/mol. The summed E-state index contributed by atoms with van der Waals surface area (Å²) in [4.78, 5) is 24.9. The molecule has 118 valence electrons. The molecular formula is C16H21N3O3. The molecule has 0 radical (unpaired) electrons. The molecule has 1 fully saturated rings. The van der Waals surface area contributed by atoms with Crippen LogP contribution in [0.4, 0.5) is 0 Å². The standard InChI is InChI=1S/C16H21N3O3/c1-3-18-13-6-4-5-7-14(13)19(16(18)21)12-8-9-17-10-11(12)15(20)22-2/h4-7,11-12,17H,3,8-10H2,1-2H3/t11-,12-/m0/s1. The van der Waals surface area contributed by atoms with Crippen LogP contribution in [0.15, 0.2) is 29.1 Å². The first-order valence-corrected chi connectivity index (χ1v) is 7.67. The number of carbonyl (C=O) groups excluding carboxylic acids is 1. The quantitative estimate of drug-likeness (QED) is 0.864. The molecule has 2 atom stereocenters. The topological polar surface area (TPSA) is 65.3 Å². The lowest BCUT2D eigenvalue weighted by atomic mass is 9.93. The van der Waals surface area contributed by atoms with E-state index in [4.69, 9.17) is 4.74 Å². The third-order valence-corrected chi connectivity index (χ3v) is 4.47. The van der Waals surface area contributed by atoms with Crippen molar-refractivity contribution in [1.29, 1.82) is 0 Å². The van der Waals surface area contributed by atoms with Crippen molar-refractivity contribution in [3.05, 3.63) is 34.7 Å². The Hall–Kier alpha value is -2.08. The van der Waals surface area contributed by atoms with Crippen molar-refractivity contribution in [2.45, 2.75) is 25.9 Å². The SMILES string of the molecule is CCn1c(=O)n([C@H]2CCNC[C@@H]2C(=O)OC)c2ccccc21. The van der Waals surface area contributed by atoms with Gasteiger partial charge in [0.1, 0.15) is 0 Å². The molecule has 0 aliphatic carbocycles. The number of carbonyl (C=O) groups is 1. The second-order valence-electron chi connectivity index (χ2n) is 5.58. The van der Waals surface area contributed by atoms with Crippen LogP contribution >= 0.6 is 0 Å². The van der Waals surface area contributed by atoms with Crippen LogP contribution in [0.2, 0.25) is 0 Å². The molecule has 0 spiro atoms. The first kappa shape index (κ1) is 14.8. The van der Waals surface area contributed by atoms with Gasteiger partial charge in [0.2, 0.25) is 0 Å². The first-order chi connectivity index (χ1) is 10.7. The zero-order valence-electron chi connectivity index (χ0n) is 12.9. The minimum absolute atomic E-state index is 0.0514. The van der Waals surface area contributed by atoms with Gasteiger partial charge in [0, 0.05) is 13.1 Å². The number of hydrogen-bond donors (Lipinski definition) is 1. The zero-order chi connectivity index (χ0) is 15.7. The monoisotopic (exact) mass is 303 g/mol. The Bertz CT molecular complexity index is 747. The van der Waals surface area contributed by atoms with Crippen molar-refractivity contribution in [3.63, 3.8) is 0 Å². The second kappa shape index (κ2) is 5.96. The number of aryl methyl sites for hydroxylation is 1. The Kier molecular flexibility index (Phi) is 4.02. The van der Waals surface area contributed by atoms with Crippen LogP contribution in [0.5, 0.6) is 0 Å². The molecule has 1 N–H and O–H groups in total. The number of hydrogen-bond acceptors (Lipinski definition) is 4. The highest BCUT2D eigenvalue weighted by molar-refractivity contribution is 5.77. The van der Waals surface area contributed by atoms with E-state index in [-0.39, 0.29) is 23.6 Å². The molecule has 1 aromatic carbocycles. The highest BCUT2D eigenvalue weighted by Gasteiger charge is 2.35. The highest BCUT2D eigenvalue weighted by atomic mass is 16.5. The van der Waals surface area contributed by atoms with Gasteiger partial charge in [-0.15, -0.1) is 0 Å². The van der Waals surface area contributed by atoms with E-state index in [0.29, 0.717) is 13.1 Å². The van der Waals surface area contributed by atoms with E-state index in [2.05, 4.69) is 5.32 Å². The predicted octanol–water partition coefficient (Wildman–Crippen LogP) is 1.15. The number of esters is 1. The van der Waals surface area contributed by atoms with E-state index in [9.17, 15) is 9.59 Å². The van der Waals surface area contributed by atoms with Crippen molar-refractivity contribution < 1.29 is 9.53 Å². The fraction of sp³-hybridized carbons (Fsp3) is 0.500. The summed E-state index contributed by atoms with van der Waals surface area (Å²) in [5.74, 6) is -0.606. The molecule has 3 rings (SSSR count). The second-order valence-corrected chi connectivity index (χ2v) is 5.58. The number of rotatable bonds is 3. The van der Waals surface area contributed by atoms with Gasteiger partial charge in [-0.25, -0.2) is 4.79 Å². The van der Waals surface area contributed by atoms with E-state index < -0.39 is 0 Å². The van der Waals surface area contributed by atoms with E-state index in [1.807, 2.05) is 31.2 Å². The van der Waals surface area contributed by atoms with Crippen molar-refractivity contribution in [2.24, 2.45) is 5.92 Å². The molecule has 0 unspecified atom stereocenters. The number of aromatic nitrogens is 2. The fourth-order valence-corrected chi connectivity index (χ4v) is 3.40. The Balaban J connectivity index is 2.18. The maximum Gasteiger partial charge on any atom is 0.329 e. The van der Waals surface area contributed by atoms with Gasteiger partial charge >= 0.3 is 11.7 Å². The van der Waals surface area contributed by atoms with E-state index in [1.54, 1.807) is 9.13 Å². The van der Waals surface area contributed by atoms with Crippen molar-refractivity contribution in [1.82, 2.24) is 14.5 Å². The number of ether oxygens (including phenoxy) is 1. The number of benzene rings is 1. The lowest BCUT2D eigenvalue weighted by Crippen LogP contribution is -2.45. The number of fused-ring (bicyclic) bond motifs is 1. The summed E-state index contributed by atoms with van der Waals surface area (Å²) < 4.78 is 8.46. The number of para-hydroxylation sites is 2. The maximum atomic E-state index is 12.8. The minimum atomic E-state index is -0.340. The van der Waals surface area contributed by atoms with Crippen LogP contribution in [-0.4, -0.2) is 35.3 Å². The Morgan fingerprint density at radius 1 is 1.36 bits per heavy atom. The lowest BCUT2D eigenvalue weighted by molar-refractivity contribution is -0.147. The summed E-state index contributed by atoms with van der Waals surface area (Å²) in [6, 6.07) is 7.58. The first-order valence-electron chi connectivity index (χ1n) is 7.67. The number of imidazole rings is 1. The number of nitrogens with one attached hydrogen (secondary N) is 1. The van der Waals surface area contributed by atoms with Crippen LogP contribution < -0.4 is 11.0 Å². The Morgan fingerprint density at radius 2 is 2.09 bits per heavy atom. The average Bonchev–Trinajstić information content (AvgIpc) is 2.85. The number of methoxy groups -OCH3 is 1. The van der Waals surface area contributed by atoms with Crippen molar-refractivity contribution >= 4 is 17.0 Å². The molecule has 1 saturated heterocycles. The smallest absolute Gasteiger partial charge is 0.329 e. The summed E-state index contributed by atoms with van der Waals surface area (Å²) in [7, 11) is 1.39. The van der Waals surface area contributed by atoms with Crippen LogP contribution in [0.25, 0.3) is 11.0 Å². The van der Waals surface area contributed by atoms with Gasteiger partial charge in [-0.2, -0.15) is 0 Å². The van der Waals surface area contributed by atoms with Crippen LogP contribution in [0.1, 0.15) is 19.4 Å². The summed E-state index contributed by atoms with van der Waals surface area (Å²) in [5.41, 5.74) is 1.75. The van der Waals surface area contributed by atoms with Crippen LogP contribution in [0.3, 0.4) is 0 Å². The fourth-order valence-electron chi connectivity index (χ4n) is 3.40. The summed E-state index contributed by atoms with van der Waals surface area (Å²) in [6.07, 6.45) is 0.734. The average molecular weight is 303 g/mol. The van der Waals surface area contributed by atoms with E-state index in [1.165, 1.54) is 7.11 Å². The predicted molar refractivity (Wildman–Crippen MR) is 83.9 cm³/mol. The molecule has 2 heterocycles. The van der Waals surface area contributed by atoms with Gasteiger partial charge in [0.25, 0.3) is 0 Å². The molecule has 2 aromatic rings. The van der Waals surface area contributed by atoms with Crippen LogP contribution in [0, 0.1) is 5.92 Å². The van der Waals surface area contributed by atoms with Crippen LogP contribution in [-0.2, 0) is 16.1 Å². The summed E-state index contributed by atoms with van der Waals surface area (Å²) in [5, 5.41) is 3.22. The summed E-state index contributed by atoms with van der Waals surface area (Å²) >= 11 is 0. The molecule has 1 aliphatic rings. The molecule has 0 amide bonds. The molecule has 1 aliphatic heterocycles. The molecule has 0 bridgehead atoms. The minimum Gasteiger partial charge on any atom is -0.469 e.